The van der Waals surface area contributed by atoms with Crippen LogP contribution in [0.4, 0.5) is 8.78 Å². The maximum Gasteiger partial charge on any atom is 0.229 e. The molecule has 0 aromatic rings. The minimum atomic E-state index is -1.19. The van der Waals surface area contributed by atoms with Crippen molar-refractivity contribution in [1.82, 2.24) is 21.5 Å². The Hall–Kier alpha value is -0.410. The molecule has 1 amide bonds. The third kappa shape index (κ3) is 7.79. The number of halogens is 5. The van der Waals surface area contributed by atoms with Crippen molar-refractivity contribution in [3.8, 4) is 0 Å². The van der Waals surface area contributed by atoms with Crippen molar-refractivity contribution in [2.45, 2.75) is 111 Å². The summed E-state index contributed by atoms with van der Waals surface area (Å²) in [6, 6.07) is 0.312. The topological polar surface area (TPSA) is 77.5 Å². The minimum Gasteiger partial charge on any atom is -0.339 e. The average Bonchev–Trinajstić information content (AvgIpc) is 3.29. The Morgan fingerprint density at radius 3 is 2.37 bits per heavy atom. The molecule has 0 bridgehead atoms. The SMILES string of the molecule is O=C(NC(=NCC1CCC(F)CC1Cl)NC1CC(C2CCC(Cl)CC2)NN1)C1CCC(Cl)C(F)C1. The Balaban J connectivity index is 1.36. The summed E-state index contributed by atoms with van der Waals surface area (Å²) >= 11 is 18.7. The fourth-order valence-corrected chi connectivity index (χ4v) is 6.71. The van der Waals surface area contributed by atoms with Crippen LogP contribution in [0.3, 0.4) is 0 Å². The van der Waals surface area contributed by atoms with E-state index in [-0.39, 0.29) is 35.2 Å². The molecule has 3 aliphatic carbocycles. The molecule has 11 heteroatoms. The first kappa shape index (κ1) is 27.6. The molecule has 0 spiro atoms. The van der Waals surface area contributed by atoms with Gasteiger partial charge in [-0.1, -0.05) is 0 Å². The number of alkyl halides is 5. The zero-order valence-corrected chi connectivity index (χ0v) is 22.3. The molecule has 8 atom stereocenters. The Morgan fingerprint density at radius 2 is 1.66 bits per heavy atom. The molecule has 0 radical (unpaired) electrons. The fraction of sp³-hybridized carbons (Fsp3) is 0.917. The summed E-state index contributed by atoms with van der Waals surface area (Å²) in [6.45, 7) is 0.396. The van der Waals surface area contributed by atoms with E-state index < -0.39 is 23.6 Å². The van der Waals surface area contributed by atoms with Crippen molar-refractivity contribution in [3.63, 3.8) is 0 Å². The molecule has 1 aliphatic heterocycles. The van der Waals surface area contributed by atoms with E-state index in [0.717, 1.165) is 32.1 Å². The summed E-state index contributed by atoms with van der Waals surface area (Å²) in [6.07, 6.45) is 5.55. The summed E-state index contributed by atoms with van der Waals surface area (Å²) in [5.41, 5.74) is 6.68. The van der Waals surface area contributed by atoms with Gasteiger partial charge in [-0.05, 0) is 82.5 Å². The van der Waals surface area contributed by atoms with Gasteiger partial charge in [0.15, 0.2) is 5.96 Å². The van der Waals surface area contributed by atoms with E-state index in [0.29, 0.717) is 56.6 Å². The van der Waals surface area contributed by atoms with Crippen molar-refractivity contribution in [2.24, 2.45) is 22.7 Å². The van der Waals surface area contributed by atoms with Crippen LogP contribution in [0.25, 0.3) is 0 Å². The minimum absolute atomic E-state index is 0.0485. The fourth-order valence-electron chi connectivity index (χ4n) is 5.83. The van der Waals surface area contributed by atoms with Crippen LogP contribution in [0.1, 0.15) is 70.6 Å². The van der Waals surface area contributed by atoms with E-state index in [2.05, 4.69) is 26.5 Å². The normalized spacial score (nSPS) is 43.1. The Kier molecular flexibility index (Phi) is 10.2. The number of amides is 1. The van der Waals surface area contributed by atoms with Crippen molar-refractivity contribution in [3.05, 3.63) is 0 Å². The second-order valence-corrected chi connectivity index (χ2v) is 12.5. The number of guanidine groups is 1. The van der Waals surface area contributed by atoms with E-state index in [1.165, 1.54) is 0 Å². The number of aliphatic imine (C=N–C) groups is 1. The molecule has 4 aliphatic rings. The van der Waals surface area contributed by atoms with Crippen molar-refractivity contribution in [1.29, 1.82) is 0 Å². The smallest absolute Gasteiger partial charge is 0.229 e. The monoisotopic (exact) mass is 555 g/mol. The zero-order valence-electron chi connectivity index (χ0n) is 20.0. The van der Waals surface area contributed by atoms with Crippen LogP contribution in [0, 0.1) is 17.8 Å². The van der Waals surface area contributed by atoms with Gasteiger partial charge in [-0.25, -0.2) is 14.2 Å². The molecule has 4 rings (SSSR count). The summed E-state index contributed by atoms with van der Waals surface area (Å²) in [5, 5.41) is 5.70. The third-order valence-corrected chi connectivity index (χ3v) is 9.61. The first-order chi connectivity index (χ1) is 16.8. The summed E-state index contributed by atoms with van der Waals surface area (Å²) in [4.78, 5) is 17.6. The standard InChI is InChI=1S/C24H38Cl3F2N5O/c25-16-5-1-13(2-6-16)21-11-22(34-33-21)31-24(30-12-15-3-7-17(28)10-19(15)27)32-23(35)14-4-8-18(26)20(29)9-14/h13-22,33-34H,1-12H2,(H2,30,31,32,35). The summed E-state index contributed by atoms with van der Waals surface area (Å²) in [5.74, 6) is 0.268. The lowest BCUT2D eigenvalue weighted by Crippen LogP contribution is -2.52. The predicted octanol–water partition coefficient (Wildman–Crippen LogP) is 4.53. The van der Waals surface area contributed by atoms with Gasteiger partial charge in [0.2, 0.25) is 5.91 Å². The highest BCUT2D eigenvalue weighted by atomic mass is 35.5. The highest BCUT2D eigenvalue weighted by molar-refractivity contribution is 6.21. The first-order valence-corrected chi connectivity index (χ1v) is 14.4. The Bertz CT molecular complexity index is 742. The second kappa shape index (κ2) is 12.9. The highest BCUT2D eigenvalue weighted by Crippen LogP contribution is 2.33. The maximum absolute atomic E-state index is 14.1. The van der Waals surface area contributed by atoms with Gasteiger partial charge in [0.25, 0.3) is 0 Å². The van der Waals surface area contributed by atoms with Crippen LogP contribution in [0.5, 0.6) is 0 Å². The van der Waals surface area contributed by atoms with Gasteiger partial charge >= 0.3 is 0 Å². The second-order valence-electron chi connectivity index (χ2n) is 10.7. The summed E-state index contributed by atoms with van der Waals surface area (Å²) < 4.78 is 27.8. The van der Waals surface area contributed by atoms with E-state index in [4.69, 9.17) is 34.8 Å². The molecular formula is C24H38Cl3F2N5O. The van der Waals surface area contributed by atoms with Gasteiger partial charge in [-0.3, -0.25) is 20.5 Å². The average molecular weight is 557 g/mol. The maximum atomic E-state index is 14.1. The van der Waals surface area contributed by atoms with Gasteiger partial charge in [-0.15, -0.1) is 34.8 Å². The molecule has 3 saturated carbocycles. The number of hydrogen-bond donors (Lipinski definition) is 4. The molecule has 4 fully saturated rings. The highest BCUT2D eigenvalue weighted by Gasteiger charge is 2.36. The number of rotatable bonds is 5. The lowest BCUT2D eigenvalue weighted by Gasteiger charge is -2.30. The van der Waals surface area contributed by atoms with E-state index in [1.54, 1.807) is 0 Å². The third-order valence-electron chi connectivity index (χ3n) is 8.15. The lowest BCUT2D eigenvalue weighted by atomic mass is 9.83. The molecular weight excluding hydrogens is 519 g/mol. The van der Waals surface area contributed by atoms with Gasteiger partial charge in [-0.2, -0.15) is 0 Å². The van der Waals surface area contributed by atoms with Crippen LogP contribution in [0.15, 0.2) is 4.99 Å². The number of nitrogens with zero attached hydrogens (tertiary/aromatic N) is 1. The zero-order chi connectivity index (χ0) is 24.9. The van der Waals surface area contributed by atoms with Gasteiger partial charge in [0.05, 0.1) is 11.5 Å². The number of hydrogen-bond acceptors (Lipinski definition) is 4. The molecule has 0 aromatic carbocycles. The van der Waals surface area contributed by atoms with Gasteiger partial charge in [0, 0.05) is 29.3 Å². The Morgan fingerprint density at radius 1 is 0.886 bits per heavy atom. The molecule has 0 aromatic heterocycles. The van der Waals surface area contributed by atoms with E-state index in [1.807, 2.05) is 0 Å². The van der Waals surface area contributed by atoms with Crippen LogP contribution in [-0.2, 0) is 4.79 Å². The van der Waals surface area contributed by atoms with Crippen LogP contribution in [0.2, 0.25) is 0 Å². The van der Waals surface area contributed by atoms with E-state index >= 15 is 0 Å². The molecule has 200 valence electrons. The largest absolute Gasteiger partial charge is 0.339 e. The van der Waals surface area contributed by atoms with Crippen molar-refractivity contribution < 1.29 is 13.6 Å². The van der Waals surface area contributed by atoms with Crippen LogP contribution >= 0.6 is 34.8 Å². The Labute approximate surface area is 222 Å². The number of carbonyl (C=O) groups is 1. The number of hydrazine groups is 1. The molecule has 4 N–H and O–H groups in total. The van der Waals surface area contributed by atoms with Crippen LogP contribution in [-0.4, -0.2) is 59.1 Å². The van der Waals surface area contributed by atoms with Crippen molar-refractivity contribution in [2.75, 3.05) is 6.54 Å². The van der Waals surface area contributed by atoms with E-state index in [9.17, 15) is 13.6 Å². The molecule has 35 heavy (non-hydrogen) atoms. The quantitative estimate of drug-likeness (QED) is 0.228. The first-order valence-electron chi connectivity index (χ1n) is 13.1. The number of carbonyl (C=O) groups excluding carboxylic acids is 1. The van der Waals surface area contributed by atoms with Crippen LogP contribution < -0.4 is 21.5 Å². The molecule has 8 unspecified atom stereocenters. The molecule has 1 saturated heterocycles. The summed E-state index contributed by atoms with van der Waals surface area (Å²) in [7, 11) is 0. The van der Waals surface area contributed by atoms with Gasteiger partial charge in [0.1, 0.15) is 12.3 Å². The molecule has 1 heterocycles. The predicted molar refractivity (Wildman–Crippen MR) is 137 cm³/mol. The van der Waals surface area contributed by atoms with Gasteiger partial charge < -0.3 is 5.32 Å². The lowest BCUT2D eigenvalue weighted by molar-refractivity contribution is -0.125. The molecule has 6 nitrogen and oxygen atoms in total. The number of nitrogens with one attached hydrogen (secondary N) is 4. The van der Waals surface area contributed by atoms with Crippen molar-refractivity contribution >= 4 is 46.7 Å².